The zero-order chi connectivity index (χ0) is 8.53. The Bertz CT molecular complexity index is 92.4. The van der Waals surface area contributed by atoms with Gasteiger partial charge in [-0.2, -0.15) is 0 Å². The van der Waals surface area contributed by atoms with Gasteiger partial charge in [-0.05, 0) is 6.54 Å². The van der Waals surface area contributed by atoms with E-state index < -0.39 is 0 Å². The van der Waals surface area contributed by atoms with Crippen molar-refractivity contribution in [1.29, 1.82) is 0 Å². The van der Waals surface area contributed by atoms with Crippen LogP contribution in [0.4, 0.5) is 0 Å². The van der Waals surface area contributed by atoms with Gasteiger partial charge in [0, 0.05) is 26.2 Å². The molecule has 0 aromatic rings. The summed E-state index contributed by atoms with van der Waals surface area (Å²) < 4.78 is 0. The van der Waals surface area contributed by atoms with Gasteiger partial charge in [0.15, 0.2) is 0 Å². The van der Waals surface area contributed by atoms with Crippen molar-refractivity contribution in [3.63, 3.8) is 0 Å². The van der Waals surface area contributed by atoms with Crippen molar-refractivity contribution in [2.45, 2.75) is 6.92 Å². The molecule has 11 heavy (non-hydrogen) atoms. The molecule has 0 aromatic carbocycles. The van der Waals surface area contributed by atoms with Gasteiger partial charge in [-0.25, -0.2) is 0 Å². The third-order valence-corrected chi connectivity index (χ3v) is 1.66. The average molecular weight is 160 g/mol. The molecule has 2 N–H and O–H groups in total. The lowest BCUT2D eigenvalue weighted by Crippen LogP contribution is -2.43. The molecule has 0 aliphatic carbocycles. The fourth-order valence-corrected chi connectivity index (χ4v) is 1.03. The quantitative estimate of drug-likeness (QED) is 0.513. The highest BCUT2D eigenvalue weighted by molar-refractivity contribution is 5.32. The van der Waals surface area contributed by atoms with Gasteiger partial charge < -0.3 is 15.3 Å². The Labute approximate surface area is 67.2 Å². The van der Waals surface area contributed by atoms with Crippen LogP contribution in [0.25, 0.3) is 0 Å². The highest BCUT2D eigenvalue weighted by Gasteiger charge is 2.04. The summed E-state index contributed by atoms with van der Waals surface area (Å²) in [5.74, 6) is 0. The average Bonchev–Trinajstić information content (AvgIpc) is 2.08. The van der Waals surface area contributed by atoms with Gasteiger partial charge in [0.25, 0.3) is 6.47 Å². The Morgan fingerprint density at radius 2 is 2.00 bits per heavy atom. The van der Waals surface area contributed by atoms with Crippen molar-refractivity contribution in [3.8, 4) is 0 Å². The summed E-state index contributed by atoms with van der Waals surface area (Å²) in [7, 11) is 0. The van der Waals surface area contributed by atoms with Crippen LogP contribution in [0.1, 0.15) is 6.92 Å². The number of hydrogen-bond acceptors (Lipinski definition) is 3. The normalized spacial score (nSPS) is 18.3. The smallest absolute Gasteiger partial charge is 0.290 e. The van der Waals surface area contributed by atoms with Gasteiger partial charge in [0.2, 0.25) is 0 Å². The molecule has 1 fully saturated rings. The minimum atomic E-state index is -0.250. The summed E-state index contributed by atoms with van der Waals surface area (Å²) in [5.41, 5.74) is 0. The maximum atomic E-state index is 8.36. The van der Waals surface area contributed by atoms with Crippen molar-refractivity contribution in [3.05, 3.63) is 0 Å². The van der Waals surface area contributed by atoms with Gasteiger partial charge in [0.1, 0.15) is 0 Å². The van der Waals surface area contributed by atoms with E-state index in [1.165, 1.54) is 32.7 Å². The third kappa shape index (κ3) is 5.82. The van der Waals surface area contributed by atoms with Gasteiger partial charge in [-0.1, -0.05) is 6.92 Å². The van der Waals surface area contributed by atoms with Crippen molar-refractivity contribution in [2.75, 3.05) is 32.7 Å². The van der Waals surface area contributed by atoms with Crippen LogP contribution in [0.3, 0.4) is 0 Å². The highest BCUT2D eigenvalue weighted by Crippen LogP contribution is 1.88. The van der Waals surface area contributed by atoms with Crippen molar-refractivity contribution in [1.82, 2.24) is 10.2 Å². The van der Waals surface area contributed by atoms with Crippen LogP contribution in [-0.2, 0) is 4.79 Å². The van der Waals surface area contributed by atoms with E-state index in [0.29, 0.717) is 0 Å². The van der Waals surface area contributed by atoms with Crippen LogP contribution < -0.4 is 5.32 Å². The lowest BCUT2D eigenvalue weighted by atomic mass is 10.4. The fraction of sp³-hybridized carbons (Fsp3) is 0.857. The predicted molar refractivity (Wildman–Crippen MR) is 43.7 cm³/mol. The van der Waals surface area contributed by atoms with Crippen molar-refractivity contribution >= 4 is 6.47 Å². The standard InChI is InChI=1S/C6H14N2.CH2O2/c1-2-8-5-3-7-4-6-8;2-1-3/h7H,2-6H2,1H3;1H,(H,2,3). The molecule has 1 aliphatic rings. The van der Waals surface area contributed by atoms with E-state index in [4.69, 9.17) is 9.90 Å². The van der Waals surface area contributed by atoms with Gasteiger partial charge in [0.05, 0.1) is 0 Å². The first kappa shape index (κ1) is 10.4. The molecule has 1 saturated heterocycles. The first-order chi connectivity index (χ1) is 5.35. The molecule has 0 spiro atoms. The van der Waals surface area contributed by atoms with E-state index >= 15 is 0 Å². The van der Waals surface area contributed by atoms with E-state index in [1.54, 1.807) is 0 Å². The summed E-state index contributed by atoms with van der Waals surface area (Å²) >= 11 is 0. The zero-order valence-corrected chi connectivity index (χ0v) is 6.92. The Morgan fingerprint density at radius 1 is 1.55 bits per heavy atom. The predicted octanol–water partition coefficient (Wildman–Crippen LogP) is -0.388. The summed E-state index contributed by atoms with van der Waals surface area (Å²) in [4.78, 5) is 10.8. The lowest BCUT2D eigenvalue weighted by Gasteiger charge is -2.25. The topological polar surface area (TPSA) is 52.6 Å². The fourth-order valence-electron chi connectivity index (χ4n) is 1.03. The van der Waals surface area contributed by atoms with E-state index in [1.807, 2.05) is 0 Å². The molecular weight excluding hydrogens is 144 g/mol. The van der Waals surface area contributed by atoms with Crippen molar-refractivity contribution < 1.29 is 9.90 Å². The van der Waals surface area contributed by atoms with Crippen LogP contribution in [0.5, 0.6) is 0 Å². The van der Waals surface area contributed by atoms with Crippen LogP contribution in [0.15, 0.2) is 0 Å². The molecule has 0 aromatic heterocycles. The Balaban J connectivity index is 0.000000292. The first-order valence-electron chi connectivity index (χ1n) is 3.86. The summed E-state index contributed by atoms with van der Waals surface area (Å²) in [6, 6.07) is 0. The number of nitrogens with one attached hydrogen (secondary N) is 1. The van der Waals surface area contributed by atoms with E-state index in [-0.39, 0.29) is 6.47 Å². The van der Waals surface area contributed by atoms with E-state index in [2.05, 4.69) is 17.1 Å². The molecule has 66 valence electrons. The van der Waals surface area contributed by atoms with E-state index in [0.717, 1.165) is 0 Å². The molecule has 1 rings (SSSR count). The maximum Gasteiger partial charge on any atom is 0.290 e. The maximum absolute atomic E-state index is 8.36. The molecule has 0 atom stereocenters. The molecule has 0 radical (unpaired) electrons. The number of carbonyl (C=O) groups is 1. The largest absolute Gasteiger partial charge is 0.483 e. The third-order valence-electron chi connectivity index (χ3n) is 1.66. The number of nitrogens with zero attached hydrogens (tertiary/aromatic N) is 1. The number of piperazine rings is 1. The minimum Gasteiger partial charge on any atom is -0.483 e. The number of hydrogen-bond donors (Lipinski definition) is 2. The second-order valence-electron chi connectivity index (χ2n) is 2.29. The van der Waals surface area contributed by atoms with Crippen molar-refractivity contribution in [2.24, 2.45) is 0 Å². The molecule has 4 heteroatoms. The Hall–Kier alpha value is -0.610. The Kier molecular flexibility index (Phi) is 7.08. The highest BCUT2D eigenvalue weighted by atomic mass is 16.3. The van der Waals surface area contributed by atoms with Crippen LogP contribution in [0.2, 0.25) is 0 Å². The minimum absolute atomic E-state index is 0.250. The Morgan fingerprint density at radius 3 is 2.27 bits per heavy atom. The number of rotatable bonds is 1. The lowest BCUT2D eigenvalue weighted by molar-refractivity contribution is -0.122. The second-order valence-corrected chi connectivity index (χ2v) is 2.29. The monoisotopic (exact) mass is 160 g/mol. The molecule has 1 heterocycles. The summed E-state index contributed by atoms with van der Waals surface area (Å²) in [5, 5.41) is 10.2. The molecule has 0 unspecified atom stereocenters. The zero-order valence-electron chi connectivity index (χ0n) is 6.92. The van der Waals surface area contributed by atoms with Gasteiger partial charge in [-0.15, -0.1) is 0 Å². The first-order valence-corrected chi connectivity index (χ1v) is 3.86. The van der Waals surface area contributed by atoms with Crippen LogP contribution in [-0.4, -0.2) is 49.2 Å². The number of carboxylic acid groups (broad SMARTS) is 1. The van der Waals surface area contributed by atoms with E-state index in [9.17, 15) is 0 Å². The van der Waals surface area contributed by atoms with Gasteiger partial charge >= 0.3 is 0 Å². The summed E-state index contributed by atoms with van der Waals surface area (Å²) in [6.07, 6.45) is 0. The SMILES string of the molecule is CCN1CCNCC1.O=CO. The van der Waals surface area contributed by atoms with Crippen LogP contribution >= 0.6 is 0 Å². The number of likely N-dealkylation sites (N-methyl/N-ethyl adjacent to an activating group) is 1. The molecule has 4 nitrogen and oxygen atoms in total. The second kappa shape index (κ2) is 7.50. The molecular formula is C7H16N2O2. The summed E-state index contributed by atoms with van der Waals surface area (Å²) in [6.45, 7) is 7.99. The van der Waals surface area contributed by atoms with Crippen LogP contribution in [0, 0.1) is 0 Å². The molecule has 0 bridgehead atoms. The molecule has 0 amide bonds. The van der Waals surface area contributed by atoms with Gasteiger partial charge in [-0.3, -0.25) is 4.79 Å². The molecule has 0 saturated carbocycles. The molecule has 1 aliphatic heterocycles.